The molecule has 0 unspecified atom stereocenters. The zero-order chi connectivity index (χ0) is 25.8. The van der Waals surface area contributed by atoms with Gasteiger partial charge in [-0.15, -0.1) is 0 Å². The molecule has 0 radical (unpaired) electrons. The van der Waals surface area contributed by atoms with Gasteiger partial charge in [0.05, 0.1) is 17.4 Å². The van der Waals surface area contributed by atoms with E-state index < -0.39 is 5.97 Å². The second-order valence-corrected chi connectivity index (χ2v) is 9.50. The summed E-state index contributed by atoms with van der Waals surface area (Å²) in [6.45, 7) is 0.160. The maximum absolute atomic E-state index is 11.6. The standard InChI is InChI=1S/C27H17N5O5S/c1-35-21-13-17(26(33)34)6-9-19(21)31-29-25(16-7-10-20-22(12-16)37-14-36-20)30-32(31)27-28-24-18-5-3-2-4-15(18)8-11-23(24)38-27/h2-13H,14H2,1H3/p+1. The van der Waals surface area contributed by atoms with Crippen molar-refractivity contribution in [2.24, 2.45) is 0 Å². The Bertz CT molecular complexity index is 1900. The van der Waals surface area contributed by atoms with Crippen molar-refractivity contribution in [1.82, 2.24) is 20.0 Å². The van der Waals surface area contributed by atoms with E-state index in [1.807, 2.05) is 42.5 Å². The Morgan fingerprint density at radius 2 is 1.92 bits per heavy atom. The lowest BCUT2D eigenvalue weighted by Gasteiger charge is -2.07. The first-order valence-corrected chi connectivity index (χ1v) is 12.4. The van der Waals surface area contributed by atoms with Crippen LogP contribution in [0.4, 0.5) is 0 Å². The highest BCUT2D eigenvalue weighted by Gasteiger charge is 2.28. The summed E-state index contributed by atoms with van der Waals surface area (Å²) in [6.07, 6.45) is 0. The number of ether oxygens (including phenoxy) is 3. The number of rotatable bonds is 5. The molecular formula is C27H18N5O5S+. The predicted molar refractivity (Wildman–Crippen MR) is 139 cm³/mol. The molecule has 0 fully saturated rings. The summed E-state index contributed by atoms with van der Waals surface area (Å²) in [7, 11) is 1.48. The van der Waals surface area contributed by atoms with Crippen LogP contribution < -0.4 is 19.0 Å². The van der Waals surface area contributed by atoms with Crippen LogP contribution >= 0.6 is 11.3 Å². The number of hydrogen-bond acceptors (Lipinski definition) is 8. The van der Waals surface area contributed by atoms with Crippen LogP contribution in [0.5, 0.6) is 17.2 Å². The lowest BCUT2D eigenvalue weighted by atomic mass is 10.1. The van der Waals surface area contributed by atoms with Gasteiger partial charge in [0.15, 0.2) is 22.7 Å². The van der Waals surface area contributed by atoms with E-state index in [2.05, 4.69) is 12.1 Å². The number of benzene rings is 4. The molecule has 6 aromatic rings. The third kappa shape index (κ3) is 3.51. The number of carboxylic acid groups (broad SMARTS) is 1. The molecular weight excluding hydrogens is 506 g/mol. The van der Waals surface area contributed by atoms with Crippen molar-refractivity contribution in [1.29, 1.82) is 0 Å². The third-order valence-corrected chi connectivity index (χ3v) is 7.26. The molecule has 0 saturated carbocycles. The first kappa shape index (κ1) is 22.2. The molecule has 4 aromatic carbocycles. The summed E-state index contributed by atoms with van der Waals surface area (Å²) < 4.78 is 17.5. The number of nitrogens with zero attached hydrogens (tertiary/aromatic N) is 5. The molecule has 0 aliphatic carbocycles. The van der Waals surface area contributed by atoms with E-state index in [-0.39, 0.29) is 12.4 Å². The van der Waals surface area contributed by atoms with Crippen LogP contribution in [0.2, 0.25) is 0 Å². The molecule has 1 aliphatic rings. The van der Waals surface area contributed by atoms with Gasteiger partial charge in [-0.25, -0.2) is 4.79 Å². The Kier molecular flexibility index (Phi) is 4.98. The largest absolute Gasteiger partial charge is 0.494 e. The Labute approximate surface area is 218 Å². The van der Waals surface area contributed by atoms with Gasteiger partial charge in [0, 0.05) is 16.0 Å². The summed E-state index contributed by atoms with van der Waals surface area (Å²) in [5.41, 5.74) is 2.18. The van der Waals surface area contributed by atoms with Gasteiger partial charge in [-0.05, 0) is 62.5 Å². The Balaban J connectivity index is 1.45. The lowest BCUT2D eigenvalue weighted by molar-refractivity contribution is -0.734. The molecule has 0 spiro atoms. The van der Waals surface area contributed by atoms with Crippen LogP contribution in [0, 0.1) is 0 Å². The summed E-state index contributed by atoms with van der Waals surface area (Å²) in [5, 5.41) is 21.8. The van der Waals surface area contributed by atoms with Gasteiger partial charge in [-0.2, -0.15) is 0 Å². The second-order valence-electron chi connectivity index (χ2n) is 8.49. The third-order valence-electron chi connectivity index (χ3n) is 6.27. The fourth-order valence-electron chi connectivity index (χ4n) is 4.43. The Hall–Kier alpha value is -5.03. The molecule has 0 atom stereocenters. The number of tetrazole rings is 1. The maximum Gasteiger partial charge on any atom is 0.365 e. The molecule has 0 saturated heterocycles. The van der Waals surface area contributed by atoms with E-state index in [0.29, 0.717) is 33.9 Å². The minimum Gasteiger partial charge on any atom is -0.494 e. The second kappa shape index (κ2) is 8.53. The fourth-order valence-corrected chi connectivity index (χ4v) is 5.35. The van der Waals surface area contributed by atoms with Crippen LogP contribution in [0.15, 0.2) is 72.8 Å². The Morgan fingerprint density at radius 3 is 2.79 bits per heavy atom. The molecule has 1 aliphatic heterocycles. The van der Waals surface area contributed by atoms with Gasteiger partial charge in [-0.3, -0.25) is 0 Å². The average Bonchev–Trinajstić information content (AvgIpc) is 3.70. The zero-order valence-electron chi connectivity index (χ0n) is 19.9. The molecule has 7 rings (SSSR count). The highest BCUT2D eigenvalue weighted by Crippen LogP contribution is 2.35. The maximum atomic E-state index is 11.6. The molecule has 2 aromatic heterocycles. The van der Waals surface area contributed by atoms with E-state index in [1.54, 1.807) is 15.7 Å². The minimum absolute atomic E-state index is 0.0970. The first-order chi connectivity index (χ1) is 18.6. The van der Waals surface area contributed by atoms with E-state index in [9.17, 15) is 9.90 Å². The van der Waals surface area contributed by atoms with E-state index in [1.165, 1.54) is 30.6 Å². The number of aromatic carboxylic acids is 1. The molecule has 0 amide bonds. The smallest absolute Gasteiger partial charge is 0.365 e. The van der Waals surface area contributed by atoms with Crippen molar-refractivity contribution in [3.05, 3.63) is 78.4 Å². The van der Waals surface area contributed by atoms with Crippen LogP contribution in [0.3, 0.4) is 0 Å². The van der Waals surface area contributed by atoms with E-state index >= 15 is 0 Å². The van der Waals surface area contributed by atoms with Crippen LogP contribution in [0.1, 0.15) is 10.4 Å². The number of carboxylic acids is 1. The van der Waals surface area contributed by atoms with Crippen molar-refractivity contribution in [3.8, 4) is 39.5 Å². The molecule has 186 valence electrons. The zero-order valence-corrected chi connectivity index (χ0v) is 20.7. The van der Waals surface area contributed by atoms with Crippen LogP contribution in [-0.4, -0.2) is 45.0 Å². The Morgan fingerprint density at radius 1 is 1.05 bits per heavy atom. The fraction of sp³-hybridized carbons (Fsp3) is 0.0741. The summed E-state index contributed by atoms with van der Waals surface area (Å²) in [6, 6.07) is 22.3. The van der Waals surface area contributed by atoms with Gasteiger partial charge in [0.1, 0.15) is 5.75 Å². The normalized spacial score (nSPS) is 12.3. The van der Waals surface area contributed by atoms with Crippen molar-refractivity contribution >= 4 is 38.3 Å². The number of hydrogen-bond donors (Lipinski definition) is 1. The number of carbonyl (C=O) groups is 1. The number of thiazole rings is 1. The van der Waals surface area contributed by atoms with E-state index in [0.717, 1.165) is 26.6 Å². The highest BCUT2D eigenvalue weighted by atomic mass is 32.1. The SMILES string of the molecule is COc1cc(C(=O)O)ccc1-n1nc(-c2ccc3c(c2)OCO3)n[n+]1-c1nc2c(ccc3ccccc32)s1. The number of aromatic nitrogens is 5. The molecule has 11 heteroatoms. The monoisotopic (exact) mass is 524 g/mol. The number of fused-ring (bicyclic) bond motifs is 4. The van der Waals surface area contributed by atoms with Gasteiger partial charge >= 0.3 is 11.1 Å². The van der Waals surface area contributed by atoms with Gasteiger partial charge in [0.2, 0.25) is 6.79 Å². The van der Waals surface area contributed by atoms with Crippen molar-refractivity contribution < 1.29 is 28.9 Å². The first-order valence-electron chi connectivity index (χ1n) is 11.6. The van der Waals surface area contributed by atoms with Crippen molar-refractivity contribution in [2.45, 2.75) is 0 Å². The number of methoxy groups -OCH3 is 1. The summed E-state index contributed by atoms with van der Waals surface area (Å²) >= 11 is 1.47. The molecule has 0 bridgehead atoms. The average molecular weight is 525 g/mol. The van der Waals surface area contributed by atoms with Crippen LogP contribution in [0.25, 0.3) is 43.2 Å². The van der Waals surface area contributed by atoms with E-state index in [4.69, 9.17) is 29.4 Å². The predicted octanol–water partition coefficient (Wildman–Crippen LogP) is 4.41. The quantitative estimate of drug-likeness (QED) is 0.330. The van der Waals surface area contributed by atoms with Crippen LogP contribution in [-0.2, 0) is 0 Å². The molecule has 38 heavy (non-hydrogen) atoms. The van der Waals surface area contributed by atoms with Crippen molar-refractivity contribution in [2.75, 3.05) is 13.9 Å². The van der Waals surface area contributed by atoms with Gasteiger partial charge in [0.25, 0.3) is 5.82 Å². The highest BCUT2D eigenvalue weighted by molar-refractivity contribution is 7.20. The molecule has 10 nitrogen and oxygen atoms in total. The van der Waals surface area contributed by atoms with Crippen molar-refractivity contribution in [3.63, 3.8) is 0 Å². The minimum atomic E-state index is -1.06. The topological polar surface area (TPSA) is 112 Å². The summed E-state index contributed by atoms with van der Waals surface area (Å²) in [4.78, 5) is 19.7. The molecule has 3 heterocycles. The van der Waals surface area contributed by atoms with Gasteiger partial charge < -0.3 is 19.3 Å². The molecule has 1 N–H and O–H groups in total. The van der Waals surface area contributed by atoms with Gasteiger partial charge in [-0.1, -0.05) is 46.7 Å². The lowest BCUT2D eigenvalue weighted by Crippen LogP contribution is -2.43. The summed E-state index contributed by atoms with van der Waals surface area (Å²) in [5.74, 6) is 0.954.